The number of Topliss-reactive ketones (excluding diaryl/α,β-unsaturated/α-hetero) is 1. The first kappa shape index (κ1) is 23.0. The molecule has 1 aliphatic rings. The van der Waals surface area contributed by atoms with Crippen molar-refractivity contribution in [3.63, 3.8) is 0 Å². The highest BCUT2D eigenvalue weighted by atomic mass is 79.9. The summed E-state index contributed by atoms with van der Waals surface area (Å²) in [4.78, 5) is 29.5. The number of hydrogen-bond acceptors (Lipinski definition) is 5. The Bertz CT molecular complexity index is 1010. The number of nitrogens with zero attached hydrogens (tertiary/aromatic N) is 2. The lowest BCUT2D eigenvalue weighted by molar-refractivity contribution is -0.140. The number of carbonyl (C=O) groups excluding carboxylic acids is 2. The molecule has 1 N–H and O–H groups in total. The summed E-state index contributed by atoms with van der Waals surface area (Å²) >= 11 is 3.43. The van der Waals surface area contributed by atoms with Gasteiger partial charge in [0, 0.05) is 23.1 Å². The number of likely N-dealkylation sites (tertiary alicyclic amines) is 1. The molecule has 0 radical (unpaired) electrons. The highest BCUT2D eigenvalue weighted by Crippen LogP contribution is 2.40. The summed E-state index contributed by atoms with van der Waals surface area (Å²) in [6, 6.07) is 12.1. The van der Waals surface area contributed by atoms with Crippen molar-refractivity contribution in [1.29, 1.82) is 0 Å². The monoisotopic (exact) mass is 486 g/mol. The number of hydrogen-bond donors (Lipinski definition) is 1. The van der Waals surface area contributed by atoms with Gasteiger partial charge >= 0.3 is 0 Å². The van der Waals surface area contributed by atoms with Crippen LogP contribution in [0.3, 0.4) is 0 Å². The van der Waals surface area contributed by atoms with E-state index in [-0.39, 0.29) is 11.3 Å². The van der Waals surface area contributed by atoms with Gasteiger partial charge in [0.05, 0.1) is 18.2 Å². The van der Waals surface area contributed by atoms with Crippen LogP contribution in [0.15, 0.2) is 52.5 Å². The van der Waals surface area contributed by atoms with Crippen molar-refractivity contribution in [2.45, 2.75) is 19.9 Å². The number of amides is 1. The zero-order valence-electron chi connectivity index (χ0n) is 18.2. The fourth-order valence-corrected chi connectivity index (χ4v) is 3.98. The zero-order chi connectivity index (χ0) is 22.7. The summed E-state index contributed by atoms with van der Waals surface area (Å²) in [5, 5.41) is 11.2. The van der Waals surface area contributed by atoms with Crippen LogP contribution in [-0.2, 0) is 9.59 Å². The van der Waals surface area contributed by atoms with Gasteiger partial charge in [0.15, 0.2) is 0 Å². The predicted octanol–water partition coefficient (Wildman–Crippen LogP) is 4.14. The van der Waals surface area contributed by atoms with Gasteiger partial charge in [-0.1, -0.05) is 28.1 Å². The second-order valence-electron chi connectivity index (χ2n) is 7.76. The molecule has 1 heterocycles. The van der Waals surface area contributed by atoms with Crippen LogP contribution in [0.2, 0.25) is 0 Å². The molecule has 0 spiro atoms. The Balaban J connectivity index is 2.13. The second kappa shape index (κ2) is 9.66. The molecule has 0 bridgehead atoms. The lowest BCUT2D eigenvalue weighted by Gasteiger charge is -2.26. The Kier molecular flexibility index (Phi) is 7.18. The molecule has 3 rings (SSSR count). The van der Waals surface area contributed by atoms with E-state index in [1.165, 1.54) is 0 Å². The molecule has 1 amide bonds. The normalized spacial score (nSPS) is 18.1. The molecule has 1 unspecified atom stereocenters. The van der Waals surface area contributed by atoms with Gasteiger partial charge in [-0.15, -0.1) is 0 Å². The van der Waals surface area contributed by atoms with Crippen LogP contribution in [0.25, 0.3) is 5.76 Å². The van der Waals surface area contributed by atoms with Crippen molar-refractivity contribution in [2.24, 2.45) is 0 Å². The maximum Gasteiger partial charge on any atom is 0.295 e. The van der Waals surface area contributed by atoms with Crippen molar-refractivity contribution in [1.82, 2.24) is 9.80 Å². The summed E-state index contributed by atoms with van der Waals surface area (Å²) in [5.41, 5.74) is 2.15. The molecule has 7 heteroatoms. The minimum absolute atomic E-state index is 0.110. The topological polar surface area (TPSA) is 70.1 Å². The Labute approximate surface area is 191 Å². The number of aliphatic hydroxyl groups excluding tert-OH is 1. The third-order valence-corrected chi connectivity index (χ3v) is 5.81. The summed E-state index contributed by atoms with van der Waals surface area (Å²) in [6.45, 7) is 5.25. The first-order valence-corrected chi connectivity index (χ1v) is 11.0. The van der Waals surface area contributed by atoms with E-state index in [0.717, 1.165) is 15.6 Å². The molecule has 1 aliphatic heterocycles. The zero-order valence-corrected chi connectivity index (χ0v) is 19.8. The van der Waals surface area contributed by atoms with Gasteiger partial charge in [-0.25, -0.2) is 0 Å². The number of aryl methyl sites for hydroxylation is 1. The molecule has 31 heavy (non-hydrogen) atoms. The van der Waals surface area contributed by atoms with Crippen LogP contribution in [-0.4, -0.2) is 60.4 Å². The minimum Gasteiger partial charge on any atom is -0.507 e. The van der Waals surface area contributed by atoms with Crippen molar-refractivity contribution >= 4 is 33.4 Å². The lowest BCUT2D eigenvalue weighted by Crippen LogP contribution is -2.35. The number of rotatable bonds is 7. The van der Waals surface area contributed by atoms with E-state index in [0.29, 0.717) is 31.0 Å². The van der Waals surface area contributed by atoms with Crippen LogP contribution in [0.5, 0.6) is 5.75 Å². The number of benzene rings is 2. The molecule has 1 atom stereocenters. The van der Waals surface area contributed by atoms with Gasteiger partial charge in [-0.2, -0.15) is 0 Å². The number of carbonyl (C=O) groups is 2. The fourth-order valence-electron chi connectivity index (χ4n) is 3.71. The van der Waals surface area contributed by atoms with Crippen molar-refractivity contribution in [3.8, 4) is 5.75 Å². The molecule has 1 saturated heterocycles. The van der Waals surface area contributed by atoms with Crippen molar-refractivity contribution in [3.05, 3.63) is 69.2 Å². The largest absolute Gasteiger partial charge is 0.507 e. The smallest absolute Gasteiger partial charge is 0.295 e. The average molecular weight is 487 g/mol. The summed E-state index contributed by atoms with van der Waals surface area (Å²) < 4.78 is 6.41. The van der Waals surface area contributed by atoms with E-state index in [1.54, 1.807) is 17.0 Å². The molecule has 0 aliphatic carbocycles. The number of ketones is 1. The van der Waals surface area contributed by atoms with E-state index in [1.807, 2.05) is 63.2 Å². The Hall–Kier alpha value is -2.64. The summed E-state index contributed by atoms with van der Waals surface area (Å²) in [7, 11) is 3.82. The van der Waals surface area contributed by atoms with E-state index in [9.17, 15) is 14.7 Å². The van der Waals surface area contributed by atoms with Crippen LogP contribution in [0.4, 0.5) is 0 Å². The molecule has 2 aromatic rings. The number of aliphatic hydroxyl groups is 1. The molecule has 164 valence electrons. The van der Waals surface area contributed by atoms with Crippen LogP contribution >= 0.6 is 15.9 Å². The SMILES string of the molecule is CCOc1ccc(/C(O)=C2/C(=O)C(=O)N(CCN(C)C)C2c2ccc(Br)cc2)c(C)c1. The molecule has 6 nitrogen and oxygen atoms in total. The van der Waals surface area contributed by atoms with Gasteiger partial charge < -0.3 is 19.6 Å². The maximum absolute atomic E-state index is 13.0. The van der Waals surface area contributed by atoms with E-state index >= 15 is 0 Å². The minimum atomic E-state index is -0.669. The summed E-state index contributed by atoms with van der Waals surface area (Å²) in [6.07, 6.45) is 0. The van der Waals surface area contributed by atoms with Crippen LogP contribution in [0, 0.1) is 6.92 Å². The first-order chi connectivity index (χ1) is 14.7. The molecule has 1 fully saturated rings. The second-order valence-corrected chi connectivity index (χ2v) is 8.67. The average Bonchev–Trinajstić information content (AvgIpc) is 2.97. The van der Waals surface area contributed by atoms with E-state index < -0.39 is 17.7 Å². The van der Waals surface area contributed by atoms with Gasteiger partial charge in [-0.05, 0) is 69.4 Å². The van der Waals surface area contributed by atoms with Gasteiger partial charge in [0.1, 0.15) is 11.5 Å². The number of likely N-dealkylation sites (N-methyl/N-ethyl adjacent to an activating group) is 1. The number of halogens is 1. The van der Waals surface area contributed by atoms with Gasteiger partial charge in [0.2, 0.25) is 0 Å². The Morgan fingerprint density at radius 2 is 1.84 bits per heavy atom. The highest BCUT2D eigenvalue weighted by molar-refractivity contribution is 9.10. The summed E-state index contributed by atoms with van der Waals surface area (Å²) in [5.74, 6) is -0.746. The molecular weight excluding hydrogens is 460 g/mol. The quantitative estimate of drug-likeness (QED) is 0.361. The third-order valence-electron chi connectivity index (χ3n) is 5.28. The van der Waals surface area contributed by atoms with Crippen LogP contribution in [0.1, 0.15) is 29.7 Å². The van der Waals surface area contributed by atoms with E-state index in [2.05, 4.69) is 15.9 Å². The highest BCUT2D eigenvalue weighted by Gasteiger charge is 2.46. The standard InChI is InChI=1S/C24H27BrN2O4/c1-5-31-18-10-11-19(15(2)14-18)22(28)20-21(16-6-8-17(25)9-7-16)27(13-12-26(3)4)24(30)23(20)29/h6-11,14,21,28H,5,12-13H2,1-4H3/b22-20-. The molecular formula is C24H27BrN2O4. The molecule has 0 aromatic heterocycles. The number of ether oxygens (including phenoxy) is 1. The predicted molar refractivity (Wildman–Crippen MR) is 124 cm³/mol. The van der Waals surface area contributed by atoms with E-state index in [4.69, 9.17) is 4.74 Å². The molecule has 2 aromatic carbocycles. The van der Waals surface area contributed by atoms with Gasteiger partial charge in [-0.3, -0.25) is 9.59 Å². The Morgan fingerprint density at radius 1 is 1.16 bits per heavy atom. The first-order valence-electron chi connectivity index (χ1n) is 10.2. The third kappa shape index (κ3) is 4.83. The Morgan fingerprint density at radius 3 is 2.42 bits per heavy atom. The van der Waals surface area contributed by atoms with Crippen molar-refractivity contribution in [2.75, 3.05) is 33.8 Å². The lowest BCUT2D eigenvalue weighted by atomic mass is 9.94. The molecule has 0 saturated carbocycles. The van der Waals surface area contributed by atoms with Gasteiger partial charge in [0.25, 0.3) is 11.7 Å². The van der Waals surface area contributed by atoms with Crippen LogP contribution < -0.4 is 4.74 Å². The maximum atomic E-state index is 13.0. The van der Waals surface area contributed by atoms with Crippen molar-refractivity contribution < 1.29 is 19.4 Å². The fraction of sp³-hybridized carbons (Fsp3) is 0.333.